The van der Waals surface area contributed by atoms with Crippen LogP contribution in [0.2, 0.25) is 0 Å². The zero-order chi connectivity index (χ0) is 17.3. The first-order valence-electron chi connectivity index (χ1n) is 7.83. The highest BCUT2D eigenvalue weighted by Gasteiger charge is 2.11. The van der Waals surface area contributed by atoms with Crippen LogP contribution in [0.3, 0.4) is 0 Å². The van der Waals surface area contributed by atoms with Crippen LogP contribution in [-0.2, 0) is 14.1 Å². The van der Waals surface area contributed by atoms with Crippen molar-refractivity contribution < 1.29 is 9.30 Å². The van der Waals surface area contributed by atoms with Crippen molar-refractivity contribution in [3.05, 3.63) is 69.9 Å². The highest BCUT2D eigenvalue weighted by molar-refractivity contribution is 5.93. The lowest BCUT2D eigenvalue weighted by Crippen LogP contribution is -2.53. The maximum Gasteiger partial charge on any atom is 0.498 e. The second kappa shape index (κ2) is 6.32. The first kappa shape index (κ1) is 16.0. The standard InChI is InChI=1S/C20H21N2O2/c1-14-11-17(22(3)20(23)21(14)2)10-9-16-13-18(24-4)12-15-7-5-6-8-19(15)16/h5-13H,1-4H3/q+1. The molecule has 3 rings (SSSR count). The quantitative estimate of drug-likeness (QED) is 0.695. The molecule has 1 aromatic heterocycles. The normalized spacial score (nSPS) is 11.3. The van der Waals surface area contributed by atoms with E-state index in [1.165, 1.54) is 0 Å². The number of ether oxygens (including phenoxy) is 1. The van der Waals surface area contributed by atoms with Gasteiger partial charge in [0.25, 0.3) is 0 Å². The van der Waals surface area contributed by atoms with Crippen LogP contribution in [-0.4, -0.2) is 11.7 Å². The third kappa shape index (κ3) is 2.83. The minimum absolute atomic E-state index is 0.0369. The summed E-state index contributed by atoms with van der Waals surface area (Å²) in [4.78, 5) is 12.2. The minimum Gasteiger partial charge on any atom is -0.497 e. The first-order chi connectivity index (χ1) is 11.5. The Balaban J connectivity index is 2.14. The summed E-state index contributed by atoms with van der Waals surface area (Å²) < 4.78 is 8.68. The van der Waals surface area contributed by atoms with Crippen LogP contribution in [0.5, 0.6) is 5.75 Å². The van der Waals surface area contributed by atoms with E-state index in [1.807, 2.05) is 49.4 Å². The predicted octanol–water partition coefficient (Wildman–Crippen LogP) is 2.85. The monoisotopic (exact) mass is 321 g/mol. The number of fused-ring (bicyclic) bond motifs is 1. The molecule has 0 radical (unpaired) electrons. The Morgan fingerprint density at radius 1 is 1.12 bits per heavy atom. The average molecular weight is 321 g/mol. The Labute approximate surface area is 141 Å². The Morgan fingerprint density at radius 2 is 1.88 bits per heavy atom. The second-order valence-corrected chi connectivity index (χ2v) is 5.88. The molecule has 0 fully saturated rings. The van der Waals surface area contributed by atoms with Gasteiger partial charge in [-0.3, -0.25) is 0 Å². The van der Waals surface area contributed by atoms with Crippen molar-refractivity contribution in [1.29, 1.82) is 0 Å². The van der Waals surface area contributed by atoms with E-state index in [2.05, 4.69) is 12.1 Å². The van der Waals surface area contributed by atoms with Gasteiger partial charge >= 0.3 is 5.69 Å². The van der Waals surface area contributed by atoms with Gasteiger partial charge in [-0.15, -0.1) is 0 Å². The topological polar surface area (TPSA) is 35.1 Å². The highest BCUT2D eigenvalue weighted by Crippen LogP contribution is 2.26. The molecule has 24 heavy (non-hydrogen) atoms. The van der Waals surface area contributed by atoms with Gasteiger partial charge in [0.1, 0.15) is 17.1 Å². The third-order valence-electron chi connectivity index (χ3n) is 4.38. The van der Waals surface area contributed by atoms with Gasteiger partial charge in [-0.2, -0.15) is 13.9 Å². The van der Waals surface area contributed by atoms with Gasteiger partial charge in [0, 0.05) is 6.07 Å². The van der Waals surface area contributed by atoms with Gasteiger partial charge in [-0.1, -0.05) is 30.3 Å². The molecule has 0 unspecified atom stereocenters. The van der Waals surface area contributed by atoms with Gasteiger partial charge < -0.3 is 4.74 Å². The lowest BCUT2D eigenvalue weighted by molar-refractivity contribution is -0.692. The Hall–Kier alpha value is -2.88. The zero-order valence-corrected chi connectivity index (χ0v) is 14.4. The molecule has 2 aromatic carbocycles. The average Bonchev–Trinajstić information content (AvgIpc) is 2.61. The third-order valence-corrected chi connectivity index (χ3v) is 4.38. The number of hydrogen-bond acceptors (Lipinski definition) is 2. The van der Waals surface area contributed by atoms with Crippen molar-refractivity contribution in [2.75, 3.05) is 7.11 Å². The molecule has 0 aliphatic heterocycles. The summed E-state index contributed by atoms with van der Waals surface area (Å²) in [7, 11) is 5.23. The summed E-state index contributed by atoms with van der Waals surface area (Å²) in [5.41, 5.74) is 2.81. The van der Waals surface area contributed by atoms with Gasteiger partial charge in [0.05, 0.1) is 21.2 Å². The van der Waals surface area contributed by atoms with Crippen molar-refractivity contribution in [3.63, 3.8) is 0 Å². The van der Waals surface area contributed by atoms with Crippen LogP contribution in [0.15, 0.2) is 47.3 Å². The molecule has 0 saturated carbocycles. The predicted molar refractivity (Wildman–Crippen MR) is 97.0 cm³/mol. The van der Waals surface area contributed by atoms with E-state index in [0.29, 0.717) is 0 Å². The summed E-state index contributed by atoms with van der Waals surface area (Å²) in [6, 6.07) is 14.2. The summed E-state index contributed by atoms with van der Waals surface area (Å²) in [5, 5.41) is 2.28. The molecule has 4 heteroatoms. The van der Waals surface area contributed by atoms with Crippen LogP contribution in [0.1, 0.15) is 17.0 Å². The van der Waals surface area contributed by atoms with Crippen LogP contribution in [0.4, 0.5) is 0 Å². The summed E-state index contributed by atoms with van der Waals surface area (Å²) in [6.45, 7) is 1.93. The molecule has 0 bridgehead atoms. The Kier molecular flexibility index (Phi) is 4.21. The number of hydrogen-bond donors (Lipinski definition) is 0. The van der Waals surface area contributed by atoms with Crippen molar-refractivity contribution in [1.82, 2.24) is 4.57 Å². The van der Waals surface area contributed by atoms with Crippen LogP contribution >= 0.6 is 0 Å². The van der Waals surface area contributed by atoms with Gasteiger partial charge in [-0.05, 0) is 41.5 Å². The van der Waals surface area contributed by atoms with E-state index in [4.69, 9.17) is 4.74 Å². The fourth-order valence-electron chi connectivity index (χ4n) is 2.80. The van der Waals surface area contributed by atoms with E-state index in [1.54, 1.807) is 30.3 Å². The number of aryl methyl sites for hydroxylation is 1. The zero-order valence-electron chi connectivity index (χ0n) is 14.4. The van der Waals surface area contributed by atoms with E-state index in [9.17, 15) is 4.79 Å². The van der Waals surface area contributed by atoms with E-state index in [0.717, 1.165) is 33.5 Å². The number of aromatic nitrogens is 2. The van der Waals surface area contributed by atoms with Crippen molar-refractivity contribution in [3.8, 4) is 5.75 Å². The molecule has 0 aliphatic rings. The molecular formula is C20H21N2O2+. The smallest absolute Gasteiger partial charge is 0.497 e. The minimum atomic E-state index is -0.0369. The van der Waals surface area contributed by atoms with Crippen LogP contribution in [0, 0.1) is 6.92 Å². The molecule has 0 saturated heterocycles. The van der Waals surface area contributed by atoms with Crippen molar-refractivity contribution in [2.45, 2.75) is 6.92 Å². The number of benzene rings is 2. The molecule has 122 valence electrons. The van der Waals surface area contributed by atoms with E-state index < -0.39 is 0 Å². The van der Waals surface area contributed by atoms with E-state index >= 15 is 0 Å². The number of methoxy groups -OCH3 is 1. The first-order valence-corrected chi connectivity index (χ1v) is 7.83. The molecule has 0 aliphatic carbocycles. The second-order valence-electron chi connectivity index (χ2n) is 5.88. The molecule has 1 heterocycles. The van der Waals surface area contributed by atoms with Crippen molar-refractivity contribution >= 4 is 22.9 Å². The van der Waals surface area contributed by atoms with Crippen LogP contribution in [0.25, 0.3) is 22.9 Å². The SMILES string of the molecule is COc1cc(C=Cc2cc(C)n(C)c(=O)[n+]2C)c2ccccc2c1. The molecule has 3 aromatic rings. The number of rotatable bonds is 3. The van der Waals surface area contributed by atoms with E-state index in [-0.39, 0.29) is 5.69 Å². The maximum absolute atomic E-state index is 12.2. The fraction of sp³-hybridized carbons (Fsp3) is 0.200. The summed E-state index contributed by atoms with van der Waals surface area (Å²) >= 11 is 0. The van der Waals surface area contributed by atoms with Crippen LogP contribution < -0.4 is 15.0 Å². The molecule has 0 amide bonds. The molecule has 0 atom stereocenters. The Morgan fingerprint density at radius 3 is 2.62 bits per heavy atom. The molecule has 0 spiro atoms. The summed E-state index contributed by atoms with van der Waals surface area (Å²) in [5.74, 6) is 0.817. The highest BCUT2D eigenvalue weighted by atomic mass is 16.5. The molecule has 0 N–H and O–H groups in total. The van der Waals surface area contributed by atoms with Gasteiger partial charge in [0.15, 0.2) is 0 Å². The van der Waals surface area contributed by atoms with Crippen molar-refractivity contribution in [2.24, 2.45) is 14.1 Å². The fourth-order valence-corrected chi connectivity index (χ4v) is 2.80. The van der Waals surface area contributed by atoms with Gasteiger partial charge in [0.2, 0.25) is 0 Å². The number of nitrogens with zero attached hydrogens (tertiary/aromatic N) is 2. The Bertz CT molecular complexity index is 1000. The maximum atomic E-state index is 12.2. The lowest BCUT2D eigenvalue weighted by Gasteiger charge is -2.07. The lowest BCUT2D eigenvalue weighted by atomic mass is 10.0. The summed E-state index contributed by atoms with van der Waals surface area (Å²) in [6.07, 6.45) is 3.99. The molecule has 4 nitrogen and oxygen atoms in total. The van der Waals surface area contributed by atoms with Gasteiger partial charge in [-0.25, -0.2) is 0 Å². The molecular weight excluding hydrogens is 300 g/mol. The largest absolute Gasteiger partial charge is 0.498 e.